The van der Waals surface area contributed by atoms with Crippen LogP contribution in [0.5, 0.6) is 5.75 Å². The van der Waals surface area contributed by atoms with E-state index in [0.717, 1.165) is 71.2 Å². The van der Waals surface area contributed by atoms with Crippen molar-refractivity contribution in [3.63, 3.8) is 0 Å². The number of Topliss-reactive ketones (excluding diaryl/α,β-unsaturated/α-hetero) is 1. The summed E-state index contributed by atoms with van der Waals surface area (Å²) < 4.78 is 23.5. The Morgan fingerprint density at radius 1 is 0.968 bits per heavy atom. The number of thiazole rings is 1. The highest BCUT2D eigenvalue weighted by Crippen LogP contribution is 2.34. The molecule has 5 aromatic rings. The molecule has 0 unspecified atom stereocenters. The van der Waals surface area contributed by atoms with Crippen molar-refractivity contribution >= 4 is 46.0 Å². The average molecular weight is 882 g/mol. The van der Waals surface area contributed by atoms with Gasteiger partial charge in [-0.1, -0.05) is 51.1 Å². The quantitative estimate of drug-likeness (QED) is 0.0984. The van der Waals surface area contributed by atoms with Gasteiger partial charge in [-0.25, -0.2) is 4.98 Å². The van der Waals surface area contributed by atoms with Gasteiger partial charge in [0.25, 0.3) is 6.01 Å². The molecule has 2 aliphatic heterocycles. The molecule has 2 fully saturated rings. The van der Waals surface area contributed by atoms with Crippen molar-refractivity contribution < 1.29 is 38.1 Å². The van der Waals surface area contributed by atoms with E-state index in [9.17, 15) is 19.5 Å². The molecule has 0 bridgehead atoms. The zero-order valence-corrected chi connectivity index (χ0v) is 37.7. The number of amides is 2. The van der Waals surface area contributed by atoms with Crippen molar-refractivity contribution in [2.45, 2.75) is 72.8 Å². The van der Waals surface area contributed by atoms with E-state index in [1.807, 2.05) is 101 Å². The number of pyridine rings is 1. The summed E-state index contributed by atoms with van der Waals surface area (Å²) >= 11 is 1.58. The predicted octanol–water partition coefficient (Wildman–Crippen LogP) is 5.60. The van der Waals surface area contributed by atoms with Gasteiger partial charge in [0.1, 0.15) is 30.5 Å². The zero-order chi connectivity index (χ0) is 44.5. The van der Waals surface area contributed by atoms with Crippen molar-refractivity contribution in [3.8, 4) is 16.2 Å². The Balaban J connectivity index is 0.785. The number of carbonyl (C=O) groups excluding carboxylic acids is 3. The second-order valence-corrected chi connectivity index (χ2v) is 18.3. The highest BCUT2D eigenvalue weighted by atomic mass is 32.1. The number of nitrogens with zero attached hydrogens (tertiary/aromatic N) is 6. The number of likely N-dealkylation sites (tertiary alicyclic amines) is 1. The van der Waals surface area contributed by atoms with Gasteiger partial charge < -0.3 is 38.9 Å². The van der Waals surface area contributed by atoms with Gasteiger partial charge in [-0.3, -0.25) is 24.3 Å². The molecule has 3 aromatic heterocycles. The van der Waals surface area contributed by atoms with Crippen LogP contribution in [0.15, 0.2) is 70.7 Å². The Morgan fingerprint density at radius 2 is 1.75 bits per heavy atom. The van der Waals surface area contributed by atoms with Crippen molar-refractivity contribution in [1.29, 1.82) is 0 Å². The molecule has 2 aromatic carbocycles. The maximum Gasteiger partial charge on any atom is 0.298 e. The second kappa shape index (κ2) is 20.9. The summed E-state index contributed by atoms with van der Waals surface area (Å²) in [6, 6.07) is 17.3. The second-order valence-electron chi connectivity index (χ2n) is 17.5. The van der Waals surface area contributed by atoms with Gasteiger partial charge in [0.05, 0.1) is 47.7 Å². The smallest absolute Gasteiger partial charge is 0.298 e. The predicted molar refractivity (Wildman–Crippen MR) is 240 cm³/mol. The van der Waals surface area contributed by atoms with Crippen molar-refractivity contribution in [2.24, 2.45) is 11.3 Å². The fourth-order valence-electron chi connectivity index (χ4n) is 7.84. The zero-order valence-electron chi connectivity index (χ0n) is 36.9. The molecule has 5 heterocycles. The number of fused-ring (bicyclic) bond motifs is 1. The lowest BCUT2D eigenvalue weighted by Crippen LogP contribution is -2.50. The maximum absolute atomic E-state index is 14.0. The monoisotopic (exact) mass is 881 g/mol. The van der Waals surface area contributed by atoms with E-state index in [1.54, 1.807) is 11.3 Å². The van der Waals surface area contributed by atoms with Gasteiger partial charge >= 0.3 is 0 Å². The fourth-order valence-corrected chi connectivity index (χ4v) is 8.65. The largest absolute Gasteiger partial charge is 0.487 e. The Morgan fingerprint density at radius 3 is 2.46 bits per heavy atom. The Hall–Kier alpha value is -5.26. The van der Waals surface area contributed by atoms with Crippen LogP contribution in [0, 0.1) is 25.2 Å². The number of rotatable bonds is 19. The first-order chi connectivity index (χ1) is 30.3. The number of hydrogen-bond donors (Lipinski definition) is 2. The van der Waals surface area contributed by atoms with Crippen LogP contribution >= 0.6 is 11.3 Å². The summed E-state index contributed by atoms with van der Waals surface area (Å²) in [5.41, 5.74) is 7.62. The molecule has 0 saturated carbocycles. The number of aromatic nitrogens is 3. The number of benzene rings is 2. The van der Waals surface area contributed by atoms with Crippen LogP contribution in [0.3, 0.4) is 0 Å². The van der Waals surface area contributed by atoms with E-state index >= 15 is 0 Å². The van der Waals surface area contributed by atoms with E-state index in [4.69, 9.17) is 23.6 Å². The lowest BCUT2D eigenvalue weighted by atomic mass is 9.77. The molecular weight excluding hydrogens is 823 g/mol. The highest BCUT2D eigenvalue weighted by Gasteiger charge is 2.44. The summed E-state index contributed by atoms with van der Waals surface area (Å²) in [7, 11) is 0. The van der Waals surface area contributed by atoms with Crippen LogP contribution in [0.1, 0.15) is 56.1 Å². The highest BCUT2D eigenvalue weighted by molar-refractivity contribution is 7.13. The van der Waals surface area contributed by atoms with Crippen LogP contribution in [-0.2, 0) is 37.0 Å². The Labute approximate surface area is 372 Å². The number of aryl methyl sites for hydroxylation is 2. The van der Waals surface area contributed by atoms with Gasteiger partial charge in [-0.05, 0) is 54.2 Å². The van der Waals surface area contributed by atoms with E-state index in [2.05, 4.69) is 25.1 Å². The minimum atomic E-state index is -0.833. The SMILES string of the molecule is Cc1ccc(COc2ccc3oc(N4CCN(CCOCCOCC(=O)C[C@H](C(=O)N5C[C@H](O)C[C@H]5C(=O)NCc5ccc(-c6scnc6C)cc5)C(C)(C)C)CC4)nc3c2)nc1. The summed E-state index contributed by atoms with van der Waals surface area (Å²) in [6.45, 7) is 15.3. The van der Waals surface area contributed by atoms with E-state index < -0.39 is 23.5 Å². The number of carbonyl (C=O) groups is 3. The number of anilines is 1. The van der Waals surface area contributed by atoms with Crippen LogP contribution in [0.25, 0.3) is 21.5 Å². The molecule has 2 saturated heterocycles. The molecule has 2 amide bonds. The third-order valence-electron chi connectivity index (χ3n) is 11.6. The minimum absolute atomic E-state index is 0.0346. The number of nitrogens with one attached hydrogen (secondary N) is 1. The molecule has 336 valence electrons. The Kier molecular flexibility index (Phi) is 15.2. The number of hydrogen-bond acceptors (Lipinski definition) is 14. The van der Waals surface area contributed by atoms with E-state index in [0.29, 0.717) is 37.2 Å². The molecule has 7 rings (SSSR count). The molecule has 15 nitrogen and oxygen atoms in total. The van der Waals surface area contributed by atoms with E-state index in [-0.39, 0.29) is 56.7 Å². The summed E-state index contributed by atoms with van der Waals surface area (Å²) in [6.07, 6.45) is 1.10. The fraction of sp³-hybridized carbons (Fsp3) is 0.489. The number of oxazole rings is 1. The summed E-state index contributed by atoms with van der Waals surface area (Å²) in [5, 5.41) is 13.5. The summed E-state index contributed by atoms with van der Waals surface area (Å²) in [5.74, 6) is -0.844. The molecule has 0 radical (unpaired) electrons. The first-order valence-corrected chi connectivity index (χ1v) is 22.5. The van der Waals surface area contributed by atoms with Gasteiger partial charge in [0.15, 0.2) is 11.4 Å². The van der Waals surface area contributed by atoms with Gasteiger partial charge in [0, 0.05) is 76.8 Å². The third-order valence-corrected chi connectivity index (χ3v) is 12.6. The first kappa shape index (κ1) is 45.8. The van der Waals surface area contributed by atoms with Crippen LogP contribution in [0.2, 0.25) is 0 Å². The Bertz CT molecular complexity index is 2300. The molecule has 63 heavy (non-hydrogen) atoms. The van der Waals surface area contributed by atoms with Crippen LogP contribution in [0.4, 0.5) is 6.01 Å². The summed E-state index contributed by atoms with van der Waals surface area (Å²) in [4.78, 5) is 61.1. The number of ketones is 1. The van der Waals surface area contributed by atoms with Crippen LogP contribution < -0.4 is 15.0 Å². The normalized spacial score (nSPS) is 17.6. The van der Waals surface area contributed by atoms with Gasteiger partial charge in [-0.15, -0.1) is 11.3 Å². The maximum atomic E-state index is 14.0. The molecule has 0 spiro atoms. The van der Waals surface area contributed by atoms with Gasteiger partial charge in [-0.2, -0.15) is 4.98 Å². The number of piperazine rings is 1. The van der Waals surface area contributed by atoms with Crippen LogP contribution in [-0.4, -0.2) is 125 Å². The minimum Gasteiger partial charge on any atom is -0.487 e. The van der Waals surface area contributed by atoms with Gasteiger partial charge in [0.2, 0.25) is 11.8 Å². The third kappa shape index (κ3) is 12.3. The number of aliphatic hydroxyl groups is 1. The first-order valence-electron chi connectivity index (χ1n) is 21.7. The van der Waals surface area contributed by atoms with Crippen molar-refractivity contribution in [3.05, 3.63) is 88.8 Å². The average Bonchev–Trinajstić information content (AvgIpc) is 4.02. The lowest BCUT2D eigenvalue weighted by molar-refractivity contribution is -0.146. The molecule has 2 aliphatic rings. The molecule has 0 aliphatic carbocycles. The van der Waals surface area contributed by atoms with E-state index in [1.165, 1.54) is 4.90 Å². The molecule has 3 atom stereocenters. The standard InChI is InChI=1S/C47H59N7O8S/c1-31-6-11-35(48-25-31)28-61-38-12-13-42-40(24-38)51-46(62-42)53-16-14-52(15-17-53)18-19-59-20-21-60-29-37(56)22-39(47(3,4)5)45(58)54-27-36(55)23-41(54)44(57)49-26-33-7-9-34(10-8-33)43-32(2)50-30-63-43/h6-13,24-25,30,36,39,41,55H,14-23,26-29H2,1-5H3,(H,49,57)/t36-,39-,41+/m1/s1. The van der Waals surface area contributed by atoms with Crippen molar-refractivity contribution in [2.75, 3.05) is 70.6 Å². The van der Waals surface area contributed by atoms with Crippen molar-refractivity contribution in [1.82, 2.24) is 30.1 Å². The number of aliphatic hydroxyl groups excluding tert-OH is 1. The lowest BCUT2D eigenvalue weighted by Gasteiger charge is -2.34. The molecule has 2 N–H and O–H groups in total. The topological polar surface area (TPSA) is 173 Å². The molecule has 16 heteroatoms. The number of β-amino-alcohol motifs (C(OH)–C–C–N with tert-alkyl or cyclic N) is 1. The molecular formula is C47H59N7O8S. The number of ether oxygens (including phenoxy) is 3.